The Morgan fingerprint density at radius 1 is 0.905 bits per heavy atom. The normalized spacial score (nSPS) is 11.3. The number of thioether (sulfide) groups is 1. The zero-order valence-electron chi connectivity index (χ0n) is 12.0. The number of aliphatic hydroxyl groups is 1. The highest BCUT2D eigenvalue weighted by molar-refractivity contribution is 7.99. The van der Waals surface area contributed by atoms with Crippen LogP contribution in [0.2, 0.25) is 0 Å². The van der Waals surface area contributed by atoms with Gasteiger partial charge in [0.05, 0.1) is 13.2 Å². The summed E-state index contributed by atoms with van der Waals surface area (Å²) in [5.74, 6) is 0.706. The van der Waals surface area contributed by atoms with Crippen LogP contribution in [0.25, 0.3) is 21.5 Å². The first-order valence-electron chi connectivity index (χ1n) is 7.01. The Hall–Kier alpha value is -1.55. The Morgan fingerprint density at radius 3 is 1.90 bits per heavy atom. The zero-order chi connectivity index (χ0) is 14.7. The molecule has 0 spiro atoms. The summed E-state index contributed by atoms with van der Waals surface area (Å²) in [7, 11) is 1.73. The van der Waals surface area contributed by atoms with E-state index in [0.29, 0.717) is 12.4 Å². The van der Waals surface area contributed by atoms with Gasteiger partial charge in [-0.1, -0.05) is 48.5 Å². The molecule has 0 fully saturated rings. The summed E-state index contributed by atoms with van der Waals surface area (Å²) in [6.45, 7) is 0.791. The number of hydrogen-bond donors (Lipinski definition) is 1. The van der Waals surface area contributed by atoms with Gasteiger partial charge in [-0.15, -0.1) is 11.8 Å². The third-order valence-corrected chi connectivity index (χ3v) is 4.74. The van der Waals surface area contributed by atoms with E-state index in [1.54, 1.807) is 18.9 Å². The van der Waals surface area contributed by atoms with Gasteiger partial charge in [-0.3, -0.25) is 0 Å². The van der Waals surface area contributed by atoms with Crippen LogP contribution >= 0.6 is 11.8 Å². The van der Waals surface area contributed by atoms with Gasteiger partial charge in [0.25, 0.3) is 0 Å². The maximum atomic E-state index is 9.17. The molecule has 0 saturated carbocycles. The Kier molecular flexibility index (Phi) is 4.44. The molecule has 2 nitrogen and oxygen atoms in total. The van der Waals surface area contributed by atoms with Crippen LogP contribution in [-0.4, -0.2) is 24.6 Å². The van der Waals surface area contributed by atoms with Crippen LogP contribution in [0.4, 0.5) is 0 Å². The van der Waals surface area contributed by atoms with Crippen molar-refractivity contribution in [3.05, 3.63) is 54.1 Å². The largest absolute Gasteiger partial charge is 0.396 e. The maximum absolute atomic E-state index is 9.17. The molecule has 0 radical (unpaired) electrons. The average Bonchev–Trinajstić information content (AvgIpc) is 2.54. The van der Waals surface area contributed by atoms with Crippen molar-refractivity contribution in [2.75, 3.05) is 19.5 Å². The first kappa shape index (κ1) is 14.4. The molecule has 0 saturated heterocycles. The molecule has 3 rings (SSSR count). The van der Waals surface area contributed by atoms with Crippen molar-refractivity contribution >= 4 is 33.3 Å². The molecule has 0 atom stereocenters. The van der Waals surface area contributed by atoms with Gasteiger partial charge >= 0.3 is 0 Å². The molecular formula is C18H18O2S. The SMILES string of the molecule is COCc1c2ccccc2c(SCCO)c2ccccc12. The highest BCUT2D eigenvalue weighted by atomic mass is 32.2. The van der Waals surface area contributed by atoms with Gasteiger partial charge in [-0.2, -0.15) is 0 Å². The van der Waals surface area contributed by atoms with Crippen molar-refractivity contribution < 1.29 is 9.84 Å². The Labute approximate surface area is 128 Å². The molecule has 1 N–H and O–H groups in total. The topological polar surface area (TPSA) is 29.5 Å². The number of rotatable bonds is 5. The Balaban J connectivity index is 2.38. The van der Waals surface area contributed by atoms with Crippen molar-refractivity contribution in [2.24, 2.45) is 0 Å². The van der Waals surface area contributed by atoms with E-state index in [0.717, 1.165) is 0 Å². The fourth-order valence-corrected chi connectivity index (χ4v) is 3.74. The molecule has 0 aliphatic carbocycles. The van der Waals surface area contributed by atoms with Crippen LogP contribution in [0.15, 0.2) is 53.4 Å². The number of hydrogen-bond acceptors (Lipinski definition) is 3. The summed E-state index contributed by atoms with van der Waals surface area (Å²) < 4.78 is 5.42. The Morgan fingerprint density at radius 2 is 1.43 bits per heavy atom. The lowest BCUT2D eigenvalue weighted by Gasteiger charge is -2.15. The smallest absolute Gasteiger partial charge is 0.0725 e. The summed E-state index contributed by atoms with van der Waals surface area (Å²) in [6.07, 6.45) is 0. The summed E-state index contributed by atoms with van der Waals surface area (Å²) in [5, 5.41) is 14.1. The number of ether oxygens (including phenoxy) is 1. The third-order valence-electron chi connectivity index (χ3n) is 3.62. The molecule has 0 amide bonds. The monoisotopic (exact) mass is 298 g/mol. The molecule has 3 aromatic carbocycles. The summed E-state index contributed by atoms with van der Waals surface area (Å²) >= 11 is 1.72. The lowest BCUT2D eigenvalue weighted by molar-refractivity contribution is 0.187. The van der Waals surface area contributed by atoms with Gasteiger partial charge in [0.15, 0.2) is 0 Å². The predicted molar refractivity (Wildman–Crippen MR) is 90.0 cm³/mol. The van der Waals surface area contributed by atoms with Crippen LogP contribution in [-0.2, 0) is 11.3 Å². The van der Waals surface area contributed by atoms with Gasteiger partial charge in [0.1, 0.15) is 0 Å². The van der Waals surface area contributed by atoms with E-state index >= 15 is 0 Å². The van der Waals surface area contributed by atoms with Gasteiger partial charge in [-0.25, -0.2) is 0 Å². The zero-order valence-corrected chi connectivity index (χ0v) is 12.8. The molecule has 0 aliphatic rings. The number of benzene rings is 3. The van der Waals surface area contributed by atoms with E-state index in [1.807, 2.05) is 0 Å². The number of methoxy groups -OCH3 is 1. The third kappa shape index (κ3) is 2.64. The molecule has 0 heterocycles. The van der Waals surface area contributed by atoms with Crippen molar-refractivity contribution in [1.82, 2.24) is 0 Å². The maximum Gasteiger partial charge on any atom is 0.0725 e. The average molecular weight is 298 g/mol. The first-order chi connectivity index (χ1) is 10.4. The number of aliphatic hydroxyl groups excluding tert-OH is 1. The van der Waals surface area contributed by atoms with Gasteiger partial charge in [-0.05, 0) is 27.1 Å². The first-order valence-corrected chi connectivity index (χ1v) is 8.00. The molecule has 0 aromatic heterocycles. The lowest BCUT2D eigenvalue weighted by atomic mass is 9.97. The molecule has 21 heavy (non-hydrogen) atoms. The standard InChI is InChI=1S/C18H18O2S/c1-20-12-17-13-6-2-4-8-15(13)18(21-11-10-19)16-9-5-3-7-14(16)17/h2-9,19H,10-12H2,1H3. The molecule has 0 bridgehead atoms. The minimum Gasteiger partial charge on any atom is -0.396 e. The second-order valence-corrected chi connectivity index (χ2v) is 6.01. The quantitative estimate of drug-likeness (QED) is 0.565. The Bertz CT molecular complexity index is 711. The minimum atomic E-state index is 0.188. The fourth-order valence-electron chi connectivity index (χ4n) is 2.78. The number of fused-ring (bicyclic) bond motifs is 2. The van der Waals surface area contributed by atoms with E-state index in [9.17, 15) is 0 Å². The van der Waals surface area contributed by atoms with Crippen LogP contribution < -0.4 is 0 Å². The molecule has 3 aromatic rings. The minimum absolute atomic E-state index is 0.188. The molecule has 0 aliphatic heterocycles. The van der Waals surface area contributed by atoms with Gasteiger partial charge in [0, 0.05) is 17.8 Å². The molecule has 108 valence electrons. The summed E-state index contributed by atoms with van der Waals surface area (Å²) in [5.41, 5.74) is 1.23. The van der Waals surface area contributed by atoms with Crippen LogP contribution in [0.5, 0.6) is 0 Å². The molecule has 3 heteroatoms. The summed E-state index contributed by atoms with van der Waals surface area (Å²) in [6, 6.07) is 16.9. The highest BCUT2D eigenvalue weighted by Gasteiger charge is 2.13. The second-order valence-electron chi connectivity index (χ2n) is 4.90. The van der Waals surface area contributed by atoms with Crippen LogP contribution in [0.1, 0.15) is 5.56 Å². The molecule has 0 unspecified atom stereocenters. The van der Waals surface area contributed by atoms with Crippen molar-refractivity contribution in [3.63, 3.8) is 0 Å². The van der Waals surface area contributed by atoms with E-state index in [2.05, 4.69) is 48.5 Å². The van der Waals surface area contributed by atoms with Crippen LogP contribution in [0, 0.1) is 0 Å². The van der Waals surface area contributed by atoms with Gasteiger partial charge < -0.3 is 9.84 Å². The van der Waals surface area contributed by atoms with Crippen molar-refractivity contribution in [2.45, 2.75) is 11.5 Å². The summed E-state index contributed by atoms with van der Waals surface area (Å²) in [4.78, 5) is 1.25. The second kappa shape index (κ2) is 6.48. The van der Waals surface area contributed by atoms with Crippen molar-refractivity contribution in [1.29, 1.82) is 0 Å². The van der Waals surface area contributed by atoms with E-state index in [4.69, 9.17) is 9.84 Å². The molecular weight excluding hydrogens is 280 g/mol. The lowest BCUT2D eigenvalue weighted by Crippen LogP contribution is -1.95. The fraction of sp³-hybridized carbons (Fsp3) is 0.222. The van der Waals surface area contributed by atoms with Gasteiger partial charge in [0.2, 0.25) is 0 Å². The van der Waals surface area contributed by atoms with Crippen LogP contribution in [0.3, 0.4) is 0 Å². The predicted octanol–water partition coefficient (Wildman–Crippen LogP) is 4.22. The van der Waals surface area contributed by atoms with Crippen molar-refractivity contribution in [3.8, 4) is 0 Å². The van der Waals surface area contributed by atoms with E-state index in [1.165, 1.54) is 32.0 Å². The van der Waals surface area contributed by atoms with E-state index in [-0.39, 0.29) is 6.61 Å². The highest BCUT2D eigenvalue weighted by Crippen LogP contribution is 2.38. The van der Waals surface area contributed by atoms with E-state index < -0.39 is 0 Å².